The number of carbonyl (C=O) groups excluding carboxylic acids is 1. The molecule has 2 aromatic rings. The zero-order chi connectivity index (χ0) is 17.9. The van der Waals surface area contributed by atoms with Crippen LogP contribution in [0.25, 0.3) is 0 Å². The molecule has 0 aliphatic carbocycles. The average molecular weight is 327 g/mol. The summed E-state index contributed by atoms with van der Waals surface area (Å²) in [5, 5.41) is 0. The Morgan fingerprint density at radius 2 is 1.79 bits per heavy atom. The summed E-state index contributed by atoms with van der Waals surface area (Å²) >= 11 is 0. The molecule has 2 rings (SSSR count). The maximum Gasteiger partial charge on any atom is 0.279 e. The number of nitrogens with zero attached hydrogens (tertiary/aromatic N) is 5. The number of anilines is 2. The number of rotatable bonds is 4. The number of amides is 1. The van der Waals surface area contributed by atoms with E-state index in [1.807, 2.05) is 44.1 Å². The van der Waals surface area contributed by atoms with Gasteiger partial charge in [0.05, 0.1) is 12.4 Å². The van der Waals surface area contributed by atoms with E-state index >= 15 is 0 Å². The van der Waals surface area contributed by atoms with Crippen molar-refractivity contribution in [3.8, 4) is 0 Å². The van der Waals surface area contributed by atoms with Gasteiger partial charge in [-0.15, -0.1) is 0 Å². The maximum atomic E-state index is 13.0. The van der Waals surface area contributed by atoms with E-state index in [2.05, 4.69) is 35.7 Å². The number of aryl methyl sites for hydroxylation is 1. The van der Waals surface area contributed by atoms with Gasteiger partial charge in [0.15, 0.2) is 0 Å². The van der Waals surface area contributed by atoms with Crippen LogP contribution in [0.3, 0.4) is 0 Å². The summed E-state index contributed by atoms with van der Waals surface area (Å²) in [7, 11) is 3.77. The first-order chi connectivity index (χ1) is 11.2. The summed E-state index contributed by atoms with van der Waals surface area (Å²) in [5.41, 5.74) is 1.11. The van der Waals surface area contributed by atoms with Gasteiger partial charge in [-0.1, -0.05) is 26.8 Å². The van der Waals surface area contributed by atoms with Crippen molar-refractivity contribution >= 4 is 17.5 Å². The summed E-state index contributed by atoms with van der Waals surface area (Å²) in [4.78, 5) is 29.6. The highest BCUT2D eigenvalue weighted by Gasteiger charge is 2.25. The van der Waals surface area contributed by atoms with E-state index in [4.69, 9.17) is 0 Å². The molecule has 0 spiro atoms. The van der Waals surface area contributed by atoms with E-state index < -0.39 is 0 Å². The van der Waals surface area contributed by atoms with E-state index in [-0.39, 0.29) is 11.3 Å². The summed E-state index contributed by atoms with van der Waals surface area (Å²) < 4.78 is 0. The Morgan fingerprint density at radius 3 is 2.29 bits per heavy atom. The Hall–Kier alpha value is -2.50. The lowest BCUT2D eigenvalue weighted by Gasteiger charge is -2.29. The molecule has 6 heteroatoms. The van der Waals surface area contributed by atoms with Crippen LogP contribution in [-0.2, 0) is 0 Å². The van der Waals surface area contributed by atoms with Gasteiger partial charge in [-0.3, -0.25) is 9.69 Å². The minimum Gasteiger partial charge on any atom is -0.361 e. The van der Waals surface area contributed by atoms with Gasteiger partial charge >= 0.3 is 0 Å². The Kier molecular flexibility index (Phi) is 5.17. The standard InChI is InChI=1S/C18H25N5O/c1-13-8-7-9-15(21-13)23(12-18(2,3)4)17(24)14-10-20-16(11-19-14)22(5)6/h7-11H,12H2,1-6H3. The lowest BCUT2D eigenvalue weighted by Crippen LogP contribution is -2.39. The van der Waals surface area contributed by atoms with Crippen molar-refractivity contribution in [1.82, 2.24) is 15.0 Å². The van der Waals surface area contributed by atoms with Gasteiger partial charge in [0.2, 0.25) is 0 Å². The molecule has 0 N–H and O–H groups in total. The zero-order valence-electron chi connectivity index (χ0n) is 15.2. The first-order valence-electron chi connectivity index (χ1n) is 7.92. The molecule has 128 valence electrons. The fraction of sp³-hybridized carbons (Fsp3) is 0.444. The number of hydrogen-bond acceptors (Lipinski definition) is 5. The highest BCUT2D eigenvalue weighted by atomic mass is 16.2. The van der Waals surface area contributed by atoms with E-state index in [1.54, 1.807) is 11.1 Å². The van der Waals surface area contributed by atoms with Gasteiger partial charge in [-0.25, -0.2) is 15.0 Å². The van der Waals surface area contributed by atoms with E-state index in [9.17, 15) is 4.79 Å². The third-order valence-electron chi connectivity index (χ3n) is 3.34. The van der Waals surface area contributed by atoms with E-state index in [0.717, 1.165) is 5.69 Å². The summed E-state index contributed by atoms with van der Waals surface area (Å²) in [5.74, 6) is 1.15. The molecular formula is C18H25N5O. The molecule has 0 aromatic carbocycles. The second kappa shape index (κ2) is 6.95. The molecule has 0 atom stereocenters. The number of carbonyl (C=O) groups is 1. The third kappa shape index (κ3) is 4.50. The van der Waals surface area contributed by atoms with Crippen LogP contribution in [0.15, 0.2) is 30.6 Å². The average Bonchev–Trinajstić information content (AvgIpc) is 2.51. The Balaban J connectivity index is 2.37. The van der Waals surface area contributed by atoms with Gasteiger partial charge in [0.25, 0.3) is 5.91 Å². The third-order valence-corrected chi connectivity index (χ3v) is 3.34. The molecule has 0 aliphatic heterocycles. The smallest absolute Gasteiger partial charge is 0.279 e. The van der Waals surface area contributed by atoms with E-state index in [0.29, 0.717) is 23.9 Å². The highest BCUT2D eigenvalue weighted by Crippen LogP contribution is 2.22. The van der Waals surface area contributed by atoms with Crippen LogP contribution in [-0.4, -0.2) is 41.5 Å². The first-order valence-corrected chi connectivity index (χ1v) is 7.92. The van der Waals surface area contributed by atoms with Crippen molar-refractivity contribution in [2.24, 2.45) is 5.41 Å². The van der Waals surface area contributed by atoms with Crippen molar-refractivity contribution in [1.29, 1.82) is 0 Å². The SMILES string of the molecule is Cc1cccc(N(CC(C)(C)C)C(=O)c2cnc(N(C)C)cn2)n1. The van der Waals surface area contributed by atoms with Crippen LogP contribution in [0.5, 0.6) is 0 Å². The first kappa shape index (κ1) is 17.8. The van der Waals surface area contributed by atoms with Gasteiger partial charge in [-0.05, 0) is 24.5 Å². The van der Waals surface area contributed by atoms with Crippen molar-refractivity contribution < 1.29 is 4.79 Å². The van der Waals surface area contributed by atoms with Gasteiger partial charge < -0.3 is 4.90 Å². The van der Waals surface area contributed by atoms with Crippen LogP contribution in [0.4, 0.5) is 11.6 Å². The zero-order valence-corrected chi connectivity index (χ0v) is 15.2. The minimum atomic E-state index is -0.194. The normalized spacial score (nSPS) is 11.2. The fourth-order valence-electron chi connectivity index (χ4n) is 2.21. The lowest BCUT2D eigenvalue weighted by atomic mass is 9.96. The highest BCUT2D eigenvalue weighted by molar-refractivity contribution is 6.04. The van der Waals surface area contributed by atoms with Crippen LogP contribution in [0.2, 0.25) is 0 Å². The second-order valence-electron chi connectivity index (χ2n) is 7.24. The summed E-state index contributed by atoms with van der Waals surface area (Å²) in [6.07, 6.45) is 3.12. The lowest BCUT2D eigenvalue weighted by molar-refractivity contribution is 0.0971. The molecule has 0 fully saturated rings. The van der Waals surface area contributed by atoms with Gasteiger partial charge in [0, 0.05) is 26.3 Å². The van der Waals surface area contributed by atoms with Crippen LogP contribution in [0, 0.1) is 12.3 Å². The Morgan fingerprint density at radius 1 is 1.08 bits per heavy atom. The predicted octanol–water partition coefficient (Wildman–Crippen LogP) is 2.94. The number of pyridine rings is 1. The number of hydrogen-bond donors (Lipinski definition) is 0. The molecular weight excluding hydrogens is 302 g/mol. The topological polar surface area (TPSA) is 62.2 Å². The summed E-state index contributed by atoms with van der Waals surface area (Å²) in [6.45, 7) is 8.71. The van der Waals surface area contributed by atoms with Crippen LogP contribution < -0.4 is 9.80 Å². The molecule has 6 nitrogen and oxygen atoms in total. The summed E-state index contributed by atoms with van der Waals surface area (Å²) in [6, 6.07) is 5.66. The molecule has 0 saturated heterocycles. The molecule has 1 amide bonds. The molecule has 0 unspecified atom stereocenters. The van der Waals surface area contributed by atoms with Gasteiger partial charge in [-0.2, -0.15) is 0 Å². The molecule has 0 bridgehead atoms. The second-order valence-corrected chi connectivity index (χ2v) is 7.24. The minimum absolute atomic E-state index is 0.0713. The largest absolute Gasteiger partial charge is 0.361 e. The number of aromatic nitrogens is 3. The molecule has 2 aromatic heterocycles. The molecule has 0 radical (unpaired) electrons. The quantitative estimate of drug-likeness (QED) is 0.864. The Bertz CT molecular complexity index is 704. The van der Waals surface area contributed by atoms with Gasteiger partial charge in [0.1, 0.15) is 17.3 Å². The molecule has 24 heavy (non-hydrogen) atoms. The Labute approximate surface area is 143 Å². The van der Waals surface area contributed by atoms with Crippen molar-refractivity contribution in [3.05, 3.63) is 42.0 Å². The monoisotopic (exact) mass is 327 g/mol. The molecule has 0 aliphatic rings. The predicted molar refractivity (Wildman–Crippen MR) is 96.5 cm³/mol. The van der Waals surface area contributed by atoms with Crippen LogP contribution >= 0.6 is 0 Å². The molecule has 2 heterocycles. The van der Waals surface area contributed by atoms with Crippen LogP contribution in [0.1, 0.15) is 37.0 Å². The maximum absolute atomic E-state index is 13.0. The van der Waals surface area contributed by atoms with Crippen molar-refractivity contribution in [3.63, 3.8) is 0 Å². The molecule has 0 saturated carbocycles. The fourth-order valence-corrected chi connectivity index (χ4v) is 2.21. The van der Waals surface area contributed by atoms with Crippen molar-refractivity contribution in [2.75, 3.05) is 30.4 Å². The van der Waals surface area contributed by atoms with E-state index in [1.165, 1.54) is 6.20 Å². The van der Waals surface area contributed by atoms with Crippen molar-refractivity contribution in [2.45, 2.75) is 27.7 Å².